The minimum Gasteiger partial charge on any atom is -0.489 e. The fraction of sp³-hybridized carbons (Fsp3) is 0.350. The summed E-state index contributed by atoms with van der Waals surface area (Å²) in [5, 5.41) is 6.00. The maximum Gasteiger partial charge on any atom is 0.243 e. The number of carbonyl (C=O) groups is 1. The van der Waals surface area contributed by atoms with Crippen LogP contribution in [-0.4, -0.2) is 31.8 Å². The summed E-state index contributed by atoms with van der Waals surface area (Å²) in [4.78, 5) is 12.2. The van der Waals surface area contributed by atoms with Gasteiger partial charge in [0.1, 0.15) is 12.4 Å². The Morgan fingerprint density at radius 1 is 1.08 bits per heavy atom. The number of carbonyl (C=O) groups excluding carboxylic acids is 1. The smallest absolute Gasteiger partial charge is 0.243 e. The first-order chi connectivity index (χ1) is 12.3. The SMILES string of the molecule is O=C(CNc1ccccc1)Nc1ccccc1OC[C@H]1CCCCO1. The van der Waals surface area contributed by atoms with Crippen molar-refractivity contribution in [3.63, 3.8) is 0 Å². The van der Waals surface area contributed by atoms with Crippen LogP contribution in [0.2, 0.25) is 0 Å². The molecule has 1 atom stereocenters. The highest BCUT2D eigenvalue weighted by Gasteiger charge is 2.15. The van der Waals surface area contributed by atoms with E-state index in [4.69, 9.17) is 9.47 Å². The molecule has 0 aromatic heterocycles. The summed E-state index contributed by atoms with van der Waals surface area (Å²) < 4.78 is 11.6. The summed E-state index contributed by atoms with van der Waals surface area (Å²) in [6, 6.07) is 17.1. The van der Waals surface area contributed by atoms with E-state index in [1.165, 1.54) is 6.42 Å². The first-order valence-corrected chi connectivity index (χ1v) is 8.73. The first kappa shape index (κ1) is 17.3. The van der Waals surface area contributed by atoms with Gasteiger partial charge in [-0.25, -0.2) is 0 Å². The second kappa shape index (κ2) is 9.08. The number of hydrogen-bond donors (Lipinski definition) is 2. The number of para-hydroxylation sites is 3. The van der Waals surface area contributed by atoms with Crippen molar-refractivity contribution in [1.82, 2.24) is 0 Å². The molecule has 1 heterocycles. The van der Waals surface area contributed by atoms with Crippen molar-refractivity contribution in [3.05, 3.63) is 54.6 Å². The molecule has 1 aliphatic heterocycles. The van der Waals surface area contributed by atoms with Crippen molar-refractivity contribution in [2.75, 3.05) is 30.4 Å². The minimum absolute atomic E-state index is 0.117. The van der Waals surface area contributed by atoms with E-state index in [0.717, 1.165) is 25.1 Å². The Balaban J connectivity index is 1.52. The molecule has 1 amide bonds. The average molecular weight is 340 g/mol. The van der Waals surface area contributed by atoms with Crippen molar-refractivity contribution in [2.45, 2.75) is 25.4 Å². The molecule has 0 bridgehead atoms. The van der Waals surface area contributed by atoms with Crippen LogP contribution in [0, 0.1) is 0 Å². The number of anilines is 2. The summed E-state index contributed by atoms with van der Waals surface area (Å²) >= 11 is 0. The molecule has 2 N–H and O–H groups in total. The highest BCUT2D eigenvalue weighted by Crippen LogP contribution is 2.25. The summed E-state index contributed by atoms with van der Waals surface area (Å²) in [6.45, 7) is 1.51. The van der Waals surface area contributed by atoms with Crippen molar-refractivity contribution < 1.29 is 14.3 Å². The zero-order valence-electron chi connectivity index (χ0n) is 14.2. The van der Waals surface area contributed by atoms with E-state index >= 15 is 0 Å². The van der Waals surface area contributed by atoms with Crippen molar-refractivity contribution in [1.29, 1.82) is 0 Å². The Kier molecular flexibility index (Phi) is 6.29. The quantitative estimate of drug-likeness (QED) is 0.807. The van der Waals surface area contributed by atoms with Crippen molar-refractivity contribution in [3.8, 4) is 5.75 Å². The van der Waals surface area contributed by atoms with Crippen LogP contribution in [0.15, 0.2) is 54.6 Å². The largest absolute Gasteiger partial charge is 0.489 e. The Hall–Kier alpha value is -2.53. The lowest BCUT2D eigenvalue weighted by molar-refractivity contribution is -0.114. The molecule has 0 aliphatic carbocycles. The zero-order chi connectivity index (χ0) is 17.3. The van der Waals surface area contributed by atoms with Crippen LogP contribution >= 0.6 is 0 Å². The standard InChI is InChI=1S/C20H24N2O3/c23-20(14-21-16-8-2-1-3-9-16)22-18-11-4-5-12-19(18)25-15-17-10-6-7-13-24-17/h1-5,8-9,11-12,17,21H,6-7,10,13-15H2,(H,22,23)/t17-/m1/s1. The third-order valence-electron chi connectivity index (χ3n) is 4.09. The van der Waals surface area contributed by atoms with Crippen molar-refractivity contribution in [2.24, 2.45) is 0 Å². The molecule has 0 saturated carbocycles. The fourth-order valence-electron chi connectivity index (χ4n) is 2.75. The van der Waals surface area contributed by atoms with Gasteiger partial charge in [-0.15, -0.1) is 0 Å². The molecule has 0 radical (unpaired) electrons. The monoisotopic (exact) mass is 340 g/mol. The topological polar surface area (TPSA) is 59.6 Å². The molecule has 2 aromatic carbocycles. The Morgan fingerprint density at radius 3 is 2.68 bits per heavy atom. The third kappa shape index (κ3) is 5.50. The number of ether oxygens (including phenoxy) is 2. The molecular formula is C20H24N2O3. The molecule has 1 aliphatic rings. The maximum absolute atomic E-state index is 12.2. The Labute approximate surface area is 148 Å². The molecule has 3 rings (SSSR count). The van der Waals surface area contributed by atoms with Gasteiger partial charge >= 0.3 is 0 Å². The fourth-order valence-corrected chi connectivity index (χ4v) is 2.75. The molecule has 25 heavy (non-hydrogen) atoms. The highest BCUT2D eigenvalue weighted by atomic mass is 16.5. The highest BCUT2D eigenvalue weighted by molar-refractivity contribution is 5.95. The number of benzene rings is 2. The predicted octanol–water partition coefficient (Wildman–Crippen LogP) is 3.69. The molecule has 5 heteroatoms. The van der Waals surface area contributed by atoms with E-state index < -0.39 is 0 Å². The van der Waals surface area contributed by atoms with Gasteiger partial charge in [-0.1, -0.05) is 30.3 Å². The van der Waals surface area contributed by atoms with Crippen LogP contribution < -0.4 is 15.4 Å². The molecule has 5 nitrogen and oxygen atoms in total. The van der Waals surface area contributed by atoms with Crippen LogP contribution in [-0.2, 0) is 9.53 Å². The second-order valence-corrected chi connectivity index (χ2v) is 6.06. The normalized spacial score (nSPS) is 16.9. The number of amides is 1. The number of nitrogens with one attached hydrogen (secondary N) is 2. The lowest BCUT2D eigenvalue weighted by atomic mass is 10.1. The van der Waals surface area contributed by atoms with Crippen LogP contribution in [0.4, 0.5) is 11.4 Å². The maximum atomic E-state index is 12.2. The van der Waals surface area contributed by atoms with E-state index in [0.29, 0.717) is 18.0 Å². The number of hydrogen-bond acceptors (Lipinski definition) is 4. The van der Waals surface area contributed by atoms with E-state index in [-0.39, 0.29) is 18.6 Å². The Morgan fingerprint density at radius 2 is 1.88 bits per heavy atom. The molecule has 2 aromatic rings. The molecule has 1 fully saturated rings. The zero-order valence-corrected chi connectivity index (χ0v) is 14.2. The van der Waals surface area contributed by atoms with Gasteiger partial charge in [0.15, 0.2) is 0 Å². The van der Waals surface area contributed by atoms with Gasteiger partial charge < -0.3 is 20.1 Å². The molecule has 1 saturated heterocycles. The summed E-state index contributed by atoms with van der Waals surface area (Å²) in [7, 11) is 0. The van der Waals surface area contributed by atoms with E-state index in [1.54, 1.807) is 0 Å². The minimum atomic E-state index is -0.117. The summed E-state index contributed by atoms with van der Waals surface area (Å²) in [6.07, 6.45) is 3.46. The summed E-state index contributed by atoms with van der Waals surface area (Å²) in [5.74, 6) is 0.554. The van der Waals surface area contributed by atoms with Gasteiger partial charge in [0.05, 0.1) is 18.3 Å². The van der Waals surface area contributed by atoms with Crippen LogP contribution in [0.3, 0.4) is 0 Å². The molecule has 0 spiro atoms. The van der Waals surface area contributed by atoms with E-state index in [9.17, 15) is 4.79 Å². The van der Waals surface area contributed by atoms with Crippen LogP contribution in [0.1, 0.15) is 19.3 Å². The van der Waals surface area contributed by atoms with E-state index in [1.807, 2.05) is 54.6 Å². The first-order valence-electron chi connectivity index (χ1n) is 8.73. The summed E-state index contributed by atoms with van der Waals surface area (Å²) in [5.41, 5.74) is 1.59. The second-order valence-electron chi connectivity index (χ2n) is 6.06. The molecule has 132 valence electrons. The average Bonchev–Trinajstić information content (AvgIpc) is 2.67. The van der Waals surface area contributed by atoms with Crippen molar-refractivity contribution >= 4 is 17.3 Å². The van der Waals surface area contributed by atoms with Gasteiger partial charge in [-0.05, 0) is 43.5 Å². The molecule has 0 unspecified atom stereocenters. The predicted molar refractivity (Wildman–Crippen MR) is 99.1 cm³/mol. The van der Waals surface area contributed by atoms with Gasteiger partial charge in [0, 0.05) is 12.3 Å². The van der Waals surface area contributed by atoms with Gasteiger partial charge in [-0.3, -0.25) is 4.79 Å². The number of rotatable bonds is 7. The third-order valence-corrected chi connectivity index (χ3v) is 4.09. The van der Waals surface area contributed by atoms with Gasteiger partial charge in [-0.2, -0.15) is 0 Å². The molecular weight excluding hydrogens is 316 g/mol. The van der Waals surface area contributed by atoms with Gasteiger partial charge in [0.2, 0.25) is 5.91 Å². The van der Waals surface area contributed by atoms with Crippen LogP contribution in [0.5, 0.6) is 5.75 Å². The van der Waals surface area contributed by atoms with Crippen LogP contribution in [0.25, 0.3) is 0 Å². The lowest BCUT2D eigenvalue weighted by Crippen LogP contribution is -2.26. The Bertz CT molecular complexity index is 670. The van der Waals surface area contributed by atoms with Gasteiger partial charge in [0.25, 0.3) is 0 Å². The van der Waals surface area contributed by atoms with E-state index in [2.05, 4.69) is 10.6 Å². The lowest BCUT2D eigenvalue weighted by Gasteiger charge is -2.23.